The van der Waals surface area contributed by atoms with Gasteiger partial charge in [0.15, 0.2) is 11.5 Å². The number of ether oxygens (including phenoxy) is 3. The summed E-state index contributed by atoms with van der Waals surface area (Å²) in [4.78, 5) is 0. The lowest BCUT2D eigenvalue weighted by Crippen LogP contribution is -2.18. The molecule has 2 N–H and O–H groups in total. The van der Waals surface area contributed by atoms with E-state index in [9.17, 15) is 0 Å². The third-order valence-corrected chi connectivity index (χ3v) is 2.33. The molecule has 0 spiro atoms. The second-order valence-electron chi connectivity index (χ2n) is 3.70. The molecule has 90 valence electrons. The SMILES string of the molecule is COc1cc(OC)c(OC)[13cH]c1CC(C)N. The summed E-state index contributed by atoms with van der Waals surface area (Å²) in [5, 5.41) is 0. The monoisotopic (exact) mass is 226 g/mol. The molecule has 0 radical (unpaired) electrons. The van der Waals surface area contributed by atoms with Gasteiger partial charge in [0.25, 0.3) is 0 Å². The summed E-state index contributed by atoms with van der Waals surface area (Å²) in [7, 11) is 4.84. The highest BCUT2D eigenvalue weighted by Gasteiger charge is 2.12. The van der Waals surface area contributed by atoms with Gasteiger partial charge in [-0.2, -0.15) is 0 Å². The first-order valence-electron chi connectivity index (χ1n) is 5.16. The average molecular weight is 226 g/mol. The Morgan fingerprint density at radius 2 is 1.50 bits per heavy atom. The van der Waals surface area contributed by atoms with Crippen molar-refractivity contribution >= 4 is 0 Å². The fourth-order valence-electron chi connectivity index (χ4n) is 1.60. The summed E-state index contributed by atoms with van der Waals surface area (Å²) in [6.45, 7) is 1.95. The predicted molar refractivity (Wildman–Crippen MR) is 63.5 cm³/mol. The van der Waals surface area contributed by atoms with Crippen LogP contribution >= 0.6 is 0 Å². The Bertz CT molecular complexity index is 350. The molecule has 1 rings (SSSR count). The van der Waals surface area contributed by atoms with Crippen LogP contribution in [0.2, 0.25) is 0 Å². The topological polar surface area (TPSA) is 53.7 Å². The van der Waals surface area contributed by atoms with E-state index >= 15 is 0 Å². The molecule has 4 heteroatoms. The third-order valence-electron chi connectivity index (χ3n) is 2.33. The van der Waals surface area contributed by atoms with E-state index in [1.807, 2.05) is 19.1 Å². The van der Waals surface area contributed by atoms with Gasteiger partial charge in [0.05, 0.1) is 21.3 Å². The Morgan fingerprint density at radius 3 is 1.94 bits per heavy atom. The van der Waals surface area contributed by atoms with Gasteiger partial charge < -0.3 is 19.9 Å². The highest BCUT2D eigenvalue weighted by atomic mass is 16.5. The first-order valence-corrected chi connectivity index (χ1v) is 5.16. The molecule has 0 bridgehead atoms. The molecule has 0 saturated heterocycles. The lowest BCUT2D eigenvalue weighted by atomic mass is 10.1. The highest BCUT2D eigenvalue weighted by molar-refractivity contribution is 5.50. The van der Waals surface area contributed by atoms with Crippen molar-refractivity contribution in [3.63, 3.8) is 0 Å². The van der Waals surface area contributed by atoms with Crippen LogP contribution in [0.1, 0.15) is 12.5 Å². The zero-order valence-electron chi connectivity index (χ0n) is 10.2. The molecule has 0 saturated carbocycles. The molecular weight excluding hydrogens is 207 g/mol. The van der Waals surface area contributed by atoms with Crippen molar-refractivity contribution in [1.82, 2.24) is 0 Å². The fraction of sp³-hybridized carbons (Fsp3) is 0.500. The largest absolute Gasteiger partial charge is 0.496 e. The van der Waals surface area contributed by atoms with Crippen LogP contribution in [-0.2, 0) is 6.42 Å². The molecule has 4 nitrogen and oxygen atoms in total. The van der Waals surface area contributed by atoms with Crippen LogP contribution in [-0.4, -0.2) is 27.4 Å². The van der Waals surface area contributed by atoms with E-state index < -0.39 is 0 Å². The molecule has 0 heterocycles. The van der Waals surface area contributed by atoms with Gasteiger partial charge >= 0.3 is 0 Å². The van der Waals surface area contributed by atoms with E-state index in [4.69, 9.17) is 19.9 Å². The maximum atomic E-state index is 5.78. The minimum atomic E-state index is 0.0759. The second-order valence-corrected chi connectivity index (χ2v) is 3.70. The van der Waals surface area contributed by atoms with Crippen LogP contribution in [0.25, 0.3) is 0 Å². The molecule has 1 atom stereocenters. The minimum Gasteiger partial charge on any atom is -0.496 e. The summed E-state index contributed by atoms with van der Waals surface area (Å²) < 4.78 is 15.7. The fourth-order valence-corrected chi connectivity index (χ4v) is 1.60. The quantitative estimate of drug-likeness (QED) is 0.828. The lowest BCUT2D eigenvalue weighted by Gasteiger charge is -2.15. The van der Waals surface area contributed by atoms with Gasteiger partial charge in [-0.3, -0.25) is 0 Å². The highest BCUT2D eigenvalue weighted by Crippen LogP contribution is 2.34. The van der Waals surface area contributed by atoms with Crippen LogP contribution < -0.4 is 19.9 Å². The summed E-state index contributed by atoms with van der Waals surface area (Å²) >= 11 is 0. The summed E-state index contributed by atoms with van der Waals surface area (Å²) in [5.74, 6) is 2.13. The van der Waals surface area contributed by atoms with Gasteiger partial charge in [0, 0.05) is 12.1 Å². The number of hydrogen-bond acceptors (Lipinski definition) is 4. The lowest BCUT2D eigenvalue weighted by molar-refractivity contribution is 0.347. The van der Waals surface area contributed by atoms with Crippen LogP contribution in [0.15, 0.2) is 12.1 Å². The molecule has 0 fully saturated rings. The Hall–Kier alpha value is -1.42. The second kappa shape index (κ2) is 5.61. The Morgan fingerprint density at radius 1 is 1.00 bits per heavy atom. The van der Waals surface area contributed by atoms with Crippen LogP contribution in [0.3, 0.4) is 0 Å². The molecule has 16 heavy (non-hydrogen) atoms. The van der Waals surface area contributed by atoms with Crippen molar-refractivity contribution in [3.05, 3.63) is 17.7 Å². The van der Waals surface area contributed by atoms with Crippen molar-refractivity contribution < 1.29 is 14.2 Å². The van der Waals surface area contributed by atoms with Crippen LogP contribution in [0.5, 0.6) is 17.2 Å². The van der Waals surface area contributed by atoms with E-state index in [2.05, 4.69) is 0 Å². The number of benzene rings is 1. The predicted octanol–water partition coefficient (Wildman–Crippen LogP) is 1.60. The molecular formula is C12H19NO3. The Kier molecular flexibility index (Phi) is 4.43. The summed E-state index contributed by atoms with van der Waals surface area (Å²) in [6.07, 6.45) is 0.740. The molecule has 0 aliphatic rings. The van der Waals surface area contributed by atoms with Gasteiger partial charge in [-0.15, -0.1) is 0 Å². The standard InChI is InChI=1S/C12H19NO3/c1-8(13)5-9-6-11(15-3)12(16-4)7-10(9)14-2/h6-8H,5,13H2,1-4H3/i6+1. The third kappa shape index (κ3) is 2.79. The zero-order chi connectivity index (χ0) is 12.1. The van der Waals surface area contributed by atoms with Gasteiger partial charge in [-0.25, -0.2) is 0 Å². The molecule has 1 aromatic rings. The number of hydrogen-bond donors (Lipinski definition) is 1. The molecule has 1 aromatic carbocycles. The van der Waals surface area contributed by atoms with Gasteiger partial charge in [-0.05, 0) is 25.0 Å². The molecule has 0 aliphatic heterocycles. The van der Waals surface area contributed by atoms with Crippen molar-refractivity contribution in [1.29, 1.82) is 0 Å². The normalized spacial score (nSPS) is 12.1. The van der Waals surface area contributed by atoms with E-state index in [1.165, 1.54) is 0 Å². The molecule has 0 aliphatic carbocycles. The minimum absolute atomic E-state index is 0.0759. The maximum Gasteiger partial charge on any atom is 0.164 e. The molecule has 0 aromatic heterocycles. The first kappa shape index (κ1) is 12.6. The van der Waals surface area contributed by atoms with E-state index in [-0.39, 0.29) is 6.04 Å². The Balaban J connectivity index is 3.15. The summed E-state index contributed by atoms with van der Waals surface area (Å²) in [5.41, 5.74) is 6.81. The van der Waals surface area contributed by atoms with Crippen molar-refractivity contribution in [2.75, 3.05) is 21.3 Å². The average Bonchev–Trinajstić information content (AvgIpc) is 2.27. The van der Waals surface area contributed by atoms with Crippen LogP contribution in [0.4, 0.5) is 0 Å². The van der Waals surface area contributed by atoms with Gasteiger partial charge in [-0.1, -0.05) is 0 Å². The van der Waals surface area contributed by atoms with Gasteiger partial charge in [0.1, 0.15) is 5.75 Å². The van der Waals surface area contributed by atoms with E-state index in [0.717, 1.165) is 17.7 Å². The van der Waals surface area contributed by atoms with Crippen molar-refractivity contribution in [3.8, 4) is 17.2 Å². The smallest absolute Gasteiger partial charge is 0.164 e. The van der Waals surface area contributed by atoms with Crippen molar-refractivity contribution in [2.45, 2.75) is 19.4 Å². The molecule has 1 unspecified atom stereocenters. The summed E-state index contributed by atoms with van der Waals surface area (Å²) in [6, 6.07) is 3.80. The van der Waals surface area contributed by atoms with E-state index in [0.29, 0.717) is 11.5 Å². The van der Waals surface area contributed by atoms with Gasteiger partial charge in [0.2, 0.25) is 0 Å². The maximum absolute atomic E-state index is 5.78. The zero-order valence-corrected chi connectivity index (χ0v) is 10.2. The number of rotatable bonds is 5. The molecule has 0 amide bonds. The Labute approximate surface area is 96.3 Å². The number of nitrogens with two attached hydrogens (primary N) is 1. The van der Waals surface area contributed by atoms with Crippen molar-refractivity contribution in [2.24, 2.45) is 5.73 Å². The van der Waals surface area contributed by atoms with Crippen LogP contribution in [0, 0.1) is 0 Å². The van der Waals surface area contributed by atoms with E-state index in [1.54, 1.807) is 21.3 Å². The first-order chi connectivity index (χ1) is 7.62. The number of methoxy groups -OCH3 is 3.